The first-order chi connectivity index (χ1) is 9.70. The molecule has 2 unspecified atom stereocenters. The molecule has 3 heteroatoms. The van der Waals surface area contributed by atoms with Gasteiger partial charge in [0.15, 0.2) is 0 Å². The van der Waals surface area contributed by atoms with Gasteiger partial charge in [0.05, 0.1) is 6.10 Å². The highest BCUT2D eigenvalue weighted by molar-refractivity contribution is 5.33. The molecule has 2 rings (SSSR count). The minimum Gasteiger partial charge on any atom is -0.489 e. The average molecular weight is 275 g/mol. The minimum atomic E-state index is -0.229. The summed E-state index contributed by atoms with van der Waals surface area (Å²) in [7, 11) is 0. The van der Waals surface area contributed by atoms with Crippen LogP contribution in [0.2, 0.25) is 0 Å². The zero-order valence-electron chi connectivity index (χ0n) is 12.3. The van der Waals surface area contributed by atoms with E-state index in [9.17, 15) is 5.11 Å². The summed E-state index contributed by atoms with van der Waals surface area (Å²) in [5.41, 5.74) is 1.21. The van der Waals surface area contributed by atoms with Crippen molar-refractivity contribution in [2.45, 2.75) is 44.9 Å². The second-order valence-corrected chi connectivity index (χ2v) is 5.56. The van der Waals surface area contributed by atoms with Gasteiger partial charge in [0.25, 0.3) is 0 Å². The van der Waals surface area contributed by atoms with Crippen LogP contribution < -0.4 is 4.74 Å². The van der Waals surface area contributed by atoms with Crippen molar-refractivity contribution >= 4 is 0 Å². The van der Waals surface area contributed by atoms with Gasteiger partial charge in [-0.15, -0.1) is 0 Å². The van der Waals surface area contributed by atoms with Crippen LogP contribution >= 0.6 is 0 Å². The van der Waals surface area contributed by atoms with E-state index in [0.717, 1.165) is 25.3 Å². The number of hydrogen-bond donors (Lipinski definition) is 1. The van der Waals surface area contributed by atoms with E-state index in [0.29, 0.717) is 12.6 Å². The lowest BCUT2D eigenvalue weighted by molar-refractivity contribution is 0.130. The zero-order valence-corrected chi connectivity index (χ0v) is 12.3. The van der Waals surface area contributed by atoms with Crippen molar-refractivity contribution in [2.24, 2.45) is 0 Å². The largest absolute Gasteiger partial charge is 0.489 e. The van der Waals surface area contributed by atoms with Crippen molar-refractivity contribution in [3.05, 3.63) is 42.5 Å². The number of aliphatic hydroxyl groups is 1. The van der Waals surface area contributed by atoms with Crippen LogP contribution in [0.3, 0.4) is 0 Å². The van der Waals surface area contributed by atoms with Crippen LogP contribution in [0.15, 0.2) is 36.9 Å². The van der Waals surface area contributed by atoms with Crippen LogP contribution in [0.4, 0.5) is 0 Å². The molecule has 1 aromatic carbocycles. The number of rotatable bonds is 7. The Morgan fingerprint density at radius 1 is 1.50 bits per heavy atom. The molecule has 1 saturated heterocycles. The highest BCUT2D eigenvalue weighted by atomic mass is 16.5. The molecule has 1 aromatic rings. The van der Waals surface area contributed by atoms with Gasteiger partial charge in [-0.05, 0) is 38.8 Å². The van der Waals surface area contributed by atoms with Gasteiger partial charge in [-0.25, -0.2) is 0 Å². The van der Waals surface area contributed by atoms with Crippen LogP contribution in [0.5, 0.6) is 5.75 Å². The first-order valence-electron chi connectivity index (χ1n) is 7.44. The predicted molar refractivity (Wildman–Crippen MR) is 81.9 cm³/mol. The predicted octanol–water partition coefficient (Wildman–Crippen LogP) is 2.99. The van der Waals surface area contributed by atoms with E-state index in [1.54, 1.807) is 6.08 Å². The molecular formula is C17H25NO2. The summed E-state index contributed by atoms with van der Waals surface area (Å²) in [4.78, 5) is 2.46. The first kappa shape index (κ1) is 15.1. The maximum atomic E-state index is 9.60. The van der Waals surface area contributed by atoms with Crippen molar-refractivity contribution in [2.75, 3.05) is 13.2 Å². The summed E-state index contributed by atoms with van der Waals surface area (Å²) in [5.74, 6) is 0.940. The van der Waals surface area contributed by atoms with Crippen LogP contribution in [-0.2, 0) is 6.54 Å². The Labute approximate surface area is 121 Å². The Morgan fingerprint density at radius 2 is 2.30 bits per heavy atom. The van der Waals surface area contributed by atoms with E-state index in [2.05, 4.69) is 23.6 Å². The maximum absolute atomic E-state index is 9.60. The molecule has 1 N–H and O–H groups in total. The molecule has 0 radical (unpaired) electrons. The summed E-state index contributed by atoms with van der Waals surface area (Å²) in [6.07, 6.45) is 4.79. The summed E-state index contributed by atoms with van der Waals surface area (Å²) >= 11 is 0. The van der Waals surface area contributed by atoms with E-state index in [-0.39, 0.29) is 6.10 Å². The van der Waals surface area contributed by atoms with E-state index in [1.807, 2.05) is 19.1 Å². The molecule has 3 nitrogen and oxygen atoms in total. The second kappa shape index (κ2) is 7.46. The number of benzene rings is 1. The second-order valence-electron chi connectivity index (χ2n) is 5.56. The lowest BCUT2D eigenvalue weighted by atomic mass is 10.1. The lowest BCUT2D eigenvalue weighted by Crippen LogP contribution is -2.31. The monoisotopic (exact) mass is 275 g/mol. The molecule has 0 aliphatic carbocycles. The normalized spacial score (nSPS) is 20.8. The third kappa shape index (κ3) is 4.09. The minimum absolute atomic E-state index is 0.229. The van der Waals surface area contributed by atoms with Gasteiger partial charge in [-0.1, -0.05) is 30.9 Å². The third-order valence-corrected chi connectivity index (χ3v) is 3.81. The van der Waals surface area contributed by atoms with E-state index in [1.165, 1.54) is 18.4 Å². The number of nitrogens with zero attached hydrogens (tertiary/aromatic N) is 1. The number of aliphatic hydroxyl groups excluding tert-OH is 1. The summed E-state index contributed by atoms with van der Waals surface area (Å²) in [6, 6.07) is 8.67. The SMILES string of the molecule is C=CCOc1ccccc1CN1CCCC1CC(C)O. The molecule has 1 aliphatic heterocycles. The van der Waals surface area contributed by atoms with Gasteiger partial charge in [0, 0.05) is 18.2 Å². The highest BCUT2D eigenvalue weighted by Crippen LogP contribution is 2.27. The lowest BCUT2D eigenvalue weighted by Gasteiger charge is -2.26. The molecule has 0 aromatic heterocycles. The number of hydrogen-bond acceptors (Lipinski definition) is 3. The standard InChI is InChI=1S/C17H25NO2/c1-3-11-20-17-9-5-4-7-15(17)13-18-10-6-8-16(18)12-14(2)19/h3-5,7,9,14,16,19H,1,6,8,10-13H2,2H3. The van der Waals surface area contributed by atoms with E-state index < -0.39 is 0 Å². The molecule has 1 aliphatic rings. The van der Waals surface area contributed by atoms with Crippen molar-refractivity contribution < 1.29 is 9.84 Å². The number of ether oxygens (including phenoxy) is 1. The van der Waals surface area contributed by atoms with E-state index in [4.69, 9.17) is 4.74 Å². The number of likely N-dealkylation sites (tertiary alicyclic amines) is 1. The van der Waals surface area contributed by atoms with Crippen molar-refractivity contribution in [3.63, 3.8) is 0 Å². The molecule has 0 bridgehead atoms. The van der Waals surface area contributed by atoms with Gasteiger partial charge in [0.2, 0.25) is 0 Å². The molecule has 1 heterocycles. The fraction of sp³-hybridized carbons (Fsp3) is 0.529. The summed E-state index contributed by atoms with van der Waals surface area (Å²) in [5, 5.41) is 9.60. The summed E-state index contributed by atoms with van der Waals surface area (Å²) in [6.45, 7) is 8.10. The Hall–Kier alpha value is -1.32. The fourth-order valence-corrected chi connectivity index (χ4v) is 2.91. The van der Waals surface area contributed by atoms with E-state index >= 15 is 0 Å². The molecular weight excluding hydrogens is 250 g/mol. The Morgan fingerprint density at radius 3 is 3.05 bits per heavy atom. The van der Waals surface area contributed by atoms with Crippen LogP contribution in [-0.4, -0.2) is 35.3 Å². The molecule has 2 atom stereocenters. The van der Waals surface area contributed by atoms with Crippen LogP contribution in [0.1, 0.15) is 31.7 Å². The van der Waals surface area contributed by atoms with Crippen molar-refractivity contribution in [1.82, 2.24) is 4.90 Å². The number of para-hydroxylation sites is 1. The smallest absolute Gasteiger partial charge is 0.124 e. The van der Waals surface area contributed by atoms with Gasteiger partial charge in [-0.2, -0.15) is 0 Å². The molecule has 20 heavy (non-hydrogen) atoms. The molecule has 0 spiro atoms. The topological polar surface area (TPSA) is 32.7 Å². The fourth-order valence-electron chi connectivity index (χ4n) is 2.91. The van der Waals surface area contributed by atoms with Crippen LogP contribution in [0.25, 0.3) is 0 Å². The van der Waals surface area contributed by atoms with Gasteiger partial charge < -0.3 is 9.84 Å². The Kier molecular flexibility index (Phi) is 5.62. The first-order valence-corrected chi connectivity index (χ1v) is 7.44. The summed E-state index contributed by atoms with van der Waals surface area (Å²) < 4.78 is 5.72. The quantitative estimate of drug-likeness (QED) is 0.777. The average Bonchev–Trinajstić information content (AvgIpc) is 2.84. The molecule has 0 saturated carbocycles. The van der Waals surface area contributed by atoms with Gasteiger partial charge in [0.1, 0.15) is 12.4 Å². The van der Waals surface area contributed by atoms with Crippen LogP contribution in [0, 0.1) is 0 Å². The Bertz CT molecular complexity index is 431. The van der Waals surface area contributed by atoms with Crippen molar-refractivity contribution in [3.8, 4) is 5.75 Å². The highest BCUT2D eigenvalue weighted by Gasteiger charge is 2.26. The molecule has 1 fully saturated rings. The van der Waals surface area contributed by atoms with Gasteiger partial charge >= 0.3 is 0 Å². The molecule has 110 valence electrons. The third-order valence-electron chi connectivity index (χ3n) is 3.81. The van der Waals surface area contributed by atoms with Gasteiger partial charge in [-0.3, -0.25) is 4.90 Å². The molecule has 0 amide bonds. The van der Waals surface area contributed by atoms with Crippen molar-refractivity contribution in [1.29, 1.82) is 0 Å². The zero-order chi connectivity index (χ0) is 14.4. The maximum Gasteiger partial charge on any atom is 0.124 e. The Balaban J connectivity index is 2.03.